The minimum Gasteiger partial charge on any atom is -0.321 e. The Morgan fingerprint density at radius 2 is 1.94 bits per heavy atom. The van der Waals surface area contributed by atoms with E-state index in [2.05, 4.69) is 17.5 Å². The number of hydrazone groups is 1. The Morgan fingerprint density at radius 3 is 2.53 bits per heavy atom. The summed E-state index contributed by atoms with van der Waals surface area (Å²) in [7, 11) is 0. The van der Waals surface area contributed by atoms with E-state index in [1.54, 1.807) is 0 Å². The smallest absolute Gasteiger partial charge is 0.183 e. The fourth-order valence-corrected chi connectivity index (χ4v) is 1.68. The number of hydrogen-bond donors (Lipinski definition) is 3. The summed E-state index contributed by atoms with van der Waals surface area (Å²) >= 11 is 0. The molecule has 0 radical (unpaired) electrons. The topological polar surface area (TPSA) is 81.4 Å². The van der Waals surface area contributed by atoms with Crippen LogP contribution in [0.25, 0.3) is 5.69 Å². The SMILES string of the molecule is Cc1ccc(-n2cccc2/C(=N/N)NN)cc1. The third-order valence-corrected chi connectivity index (χ3v) is 2.57. The van der Waals surface area contributed by atoms with Gasteiger partial charge in [0.1, 0.15) is 0 Å². The van der Waals surface area contributed by atoms with Crippen LogP contribution in [-0.2, 0) is 0 Å². The normalized spacial score (nSPS) is 11.5. The first-order chi connectivity index (χ1) is 8.26. The second-order valence-electron chi connectivity index (χ2n) is 3.72. The van der Waals surface area contributed by atoms with Crippen molar-refractivity contribution in [2.45, 2.75) is 6.92 Å². The van der Waals surface area contributed by atoms with Crippen molar-refractivity contribution in [1.82, 2.24) is 9.99 Å². The van der Waals surface area contributed by atoms with Crippen molar-refractivity contribution >= 4 is 5.84 Å². The van der Waals surface area contributed by atoms with Crippen LogP contribution in [0.1, 0.15) is 11.3 Å². The summed E-state index contributed by atoms with van der Waals surface area (Å²) in [4.78, 5) is 0. The Morgan fingerprint density at radius 1 is 1.24 bits per heavy atom. The highest BCUT2D eigenvalue weighted by Gasteiger charge is 2.08. The second-order valence-corrected chi connectivity index (χ2v) is 3.72. The van der Waals surface area contributed by atoms with Gasteiger partial charge < -0.3 is 15.8 Å². The number of hydrazine groups is 1. The molecule has 5 heteroatoms. The van der Waals surface area contributed by atoms with Crippen molar-refractivity contribution in [2.24, 2.45) is 16.8 Å². The lowest BCUT2D eigenvalue weighted by molar-refractivity contribution is 0.965. The van der Waals surface area contributed by atoms with Gasteiger partial charge in [-0.1, -0.05) is 17.7 Å². The van der Waals surface area contributed by atoms with E-state index in [1.807, 2.05) is 47.2 Å². The summed E-state index contributed by atoms with van der Waals surface area (Å²) in [6, 6.07) is 12.0. The molecular formula is C12H15N5. The van der Waals surface area contributed by atoms with Crippen molar-refractivity contribution in [3.63, 3.8) is 0 Å². The maximum Gasteiger partial charge on any atom is 0.183 e. The van der Waals surface area contributed by atoms with Crippen LogP contribution in [-0.4, -0.2) is 10.4 Å². The van der Waals surface area contributed by atoms with Crippen molar-refractivity contribution in [1.29, 1.82) is 0 Å². The Balaban J connectivity index is 2.47. The minimum absolute atomic E-state index is 0.440. The number of benzene rings is 1. The minimum atomic E-state index is 0.440. The van der Waals surface area contributed by atoms with E-state index in [9.17, 15) is 0 Å². The van der Waals surface area contributed by atoms with Crippen LogP contribution in [0.4, 0.5) is 0 Å². The van der Waals surface area contributed by atoms with Crippen LogP contribution in [0.2, 0.25) is 0 Å². The average Bonchev–Trinajstić information content (AvgIpc) is 2.81. The monoisotopic (exact) mass is 229 g/mol. The van der Waals surface area contributed by atoms with E-state index in [4.69, 9.17) is 11.7 Å². The lowest BCUT2D eigenvalue weighted by atomic mass is 10.2. The summed E-state index contributed by atoms with van der Waals surface area (Å²) < 4.78 is 1.96. The van der Waals surface area contributed by atoms with Gasteiger partial charge in [0, 0.05) is 11.9 Å². The highest BCUT2D eigenvalue weighted by Crippen LogP contribution is 2.13. The van der Waals surface area contributed by atoms with Crippen molar-refractivity contribution < 1.29 is 0 Å². The molecule has 2 aromatic rings. The molecule has 0 saturated heterocycles. The van der Waals surface area contributed by atoms with Gasteiger partial charge in [0.15, 0.2) is 5.84 Å². The fourth-order valence-electron chi connectivity index (χ4n) is 1.68. The van der Waals surface area contributed by atoms with Crippen LogP contribution in [0.15, 0.2) is 47.7 Å². The van der Waals surface area contributed by atoms with Gasteiger partial charge in [-0.05, 0) is 31.2 Å². The highest BCUT2D eigenvalue weighted by molar-refractivity contribution is 5.97. The van der Waals surface area contributed by atoms with Gasteiger partial charge in [-0.3, -0.25) is 0 Å². The maximum absolute atomic E-state index is 5.37. The third kappa shape index (κ3) is 2.14. The lowest BCUT2D eigenvalue weighted by Gasteiger charge is -2.10. The van der Waals surface area contributed by atoms with Crippen LogP contribution in [0.3, 0.4) is 0 Å². The molecule has 0 aliphatic carbocycles. The number of aryl methyl sites for hydroxylation is 1. The molecule has 0 fully saturated rings. The number of amidine groups is 1. The molecule has 1 heterocycles. The summed E-state index contributed by atoms with van der Waals surface area (Å²) in [6.45, 7) is 2.05. The van der Waals surface area contributed by atoms with Crippen LogP contribution in [0.5, 0.6) is 0 Å². The lowest BCUT2D eigenvalue weighted by Crippen LogP contribution is -2.33. The molecule has 0 unspecified atom stereocenters. The number of hydrogen-bond acceptors (Lipinski definition) is 3. The Labute approximate surface area is 99.7 Å². The number of nitrogens with one attached hydrogen (secondary N) is 1. The molecule has 0 atom stereocenters. The van der Waals surface area contributed by atoms with Crippen molar-refractivity contribution in [2.75, 3.05) is 0 Å². The molecule has 5 nitrogen and oxygen atoms in total. The molecule has 0 amide bonds. The Bertz CT molecular complexity index is 524. The molecule has 2 rings (SSSR count). The van der Waals surface area contributed by atoms with E-state index in [0.717, 1.165) is 11.4 Å². The largest absolute Gasteiger partial charge is 0.321 e. The van der Waals surface area contributed by atoms with Gasteiger partial charge >= 0.3 is 0 Å². The zero-order valence-corrected chi connectivity index (χ0v) is 9.59. The Kier molecular flexibility index (Phi) is 3.11. The molecule has 5 N–H and O–H groups in total. The van der Waals surface area contributed by atoms with Gasteiger partial charge in [-0.25, -0.2) is 5.84 Å². The zero-order valence-electron chi connectivity index (χ0n) is 9.59. The van der Waals surface area contributed by atoms with Crippen LogP contribution < -0.4 is 17.1 Å². The quantitative estimate of drug-likeness (QED) is 0.309. The van der Waals surface area contributed by atoms with Gasteiger partial charge in [0.05, 0.1) is 5.69 Å². The van der Waals surface area contributed by atoms with Crippen molar-refractivity contribution in [3.8, 4) is 5.69 Å². The van der Waals surface area contributed by atoms with Gasteiger partial charge in [-0.15, -0.1) is 0 Å². The Hall–Kier alpha value is -2.27. The molecule has 1 aromatic carbocycles. The van der Waals surface area contributed by atoms with Gasteiger partial charge in [0.25, 0.3) is 0 Å². The molecule has 0 spiro atoms. The van der Waals surface area contributed by atoms with Crippen LogP contribution >= 0.6 is 0 Å². The van der Waals surface area contributed by atoms with E-state index in [1.165, 1.54) is 5.56 Å². The average molecular weight is 229 g/mol. The zero-order chi connectivity index (χ0) is 12.3. The molecule has 0 bridgehead atoms. The number of aromatic nitrogens is 1. The summed E-state index contributed by atoms with van der Waals surface area (Å²) in [6.07, 6.45) is 1.93. The third-order valence-electron chi connectivity index (χ3n) is 2.57. The molecule has 1 aromatic heterocycles. The number of nitrogens with two attached hydrogens (primary N) is 2. The maximum atomic E-state index is 5.37. The molecule has 88 valence electrons. The molecule has 0 aliphatic heterocycles. The van der Waals surface area contributed by atoms with E-state index >= 15 is 0 Å². The number of nitrogens with zero attached hydrogens (tertiary/aromatic N) is 2. The van der Waals surface area contributed by atoms with Gasteiger partial charge in [-0.2, -0.15) is 5.10 Å². The number of rotatable bonds is 2. The fraction of sp³-hybridized carbons (Fsp3) is 0.0833. The summed E-state index contributed by atoms with van der Waals surface area (Å²) in [5.41, 5.74) is 5.55. The highest BCUT2D eigenvalue weighted by atomic mass is 15.3. The van der Waals surface area contributed by atoms with E-state index < -0.39 is 0 Å². The summed E-state index contributed by atoms with van der Waals surface area (Å²) in [5, 5.41) is 3.61. The molecule has 17 heavy (non-hydrogen) atoms. The first-order valence-corrected chi connectivity index (χ1v) is 5.25. The molecule has 0 saturated carbocycles. The molecular weight excluding hydrogens is 214 g/mol. The standard InChI is InChI=1S/C12H15N5/c1-9-4-6-10(7-5-9)17-8-2-3-11(17)12(15-13)16-14/h2-8H,13-14H2,1H3,(H,15,16). The first kappa shape index (κ1) is 11.2. The predicted octanol–water partition coefficient (Wildman–Crippen LogP) is 0.869. The van der Waals surface area contributed by atoms with Crippen molar-refractivity contribution in [3.05, 3.63) is 53.9 Å². The van der Waals surface area contributed by atoms with E-state index in [0.29, 0.717) is 5.84 Å². The predicted molar refractivity (Wildman–Crippen MR) is 68.6 cm³/mol. The second kappa shape index (κ2) is 4.71. The summed E-state index contributed by atoms with van der Waals surface area (Å²) in [5.74, 6) is 11.1. The first-order valence-electron chi connectivity index (χ1n) is 5.25. The van der Waals surface area contributed by atoms with Crippen LogP contribution in [0, 0.1) is 6.92 Å². The molecule has 0 aliphatic rings. The van der Waals surface area contributed by atoms with Gasteiger partial charge in [0.2, 0.25) is 0 Å². The van der Waals surface area contributed by atoms with E-state index in [-0.39, 0.29) is 0 Å².